The van der Waals surface area contributed by atoms with Gasteiger partial charge in [0.1, 0.15) is 22.6 Å². The van der Waals surface area contributed by atoms with Crippen molar-refractivity contribution in [3.05, 3.63) is 52.8 Å². The summed E-state index contributed by atoms with van der Waals surface area (Å²) in [5.74, 6) is 0.698. The molecule has 0 aliphatic carbocycles. The minimum absolute atomic E-state index is 0.00132. The van der Waals surface area contributed by atoms with Crippen LogP contribution in [0.2, 0.25) is 0 Å². The van der Waals surface area contributed by atoms with Crippen molar-refractivity contribution in [3.8, 4) is 0 Å². The molecule has 2 rings (SSSR count). The summed E-state index contributed by atoms with van der Waals surface area (Å²) in [4.78, 5) is 41.6. The van der Waals surface area contributed by atoms with Crippen LogP contribution in [0, 0.1) is 5.92 Å². The van der Waals surface area contributed by atoms with Crippen LogP contribution in [0.4, 0.5) is 0 Å². The summed E-state index contributed by atoms with van der Waals surface area (Å²) in [6.07, 6.45) is 4.85. The molecule has 2 bridgehead atoms. The van der Waals surface area contributed by atoms with Crippen molar-refractivity contribution in [3.63, 3.8) is 0 Å². The molecule has 0 fully saturated rings. The maximum atomic E-state index is 12.6. The number of nitrogens with two attached hydrogens (primary N) is 1. The standard InChI is InChI=1S/C26H39N5O4S2/c1-16(2)23(27)25(34)36-11-9-7-8-10-19-12-21(32)29-14-22-30-20(15-37-22)24(33)31-26(5,6)18(4)28-13-17(3)35-19/h7-8,15-16,19,23,28H,3-4,9-14,27H2,1-2,5-6H3,(H,29,32)(H,31,33)/b8-7+. The molecular weight excluding hydrogens is 510 g/mol. The molecule has 37 heavy (non-hydrogen) atoms. The zero-order valence-corrected chi connectivity index (χ0v) is 23.7. The highest BCUT2D eigenvalue weighted by Gasteiger charge is 2.26. The number of nitrogens with zero attached hydrogens (tertiary/aromatic N) is 1. The van der Waals surface area contributed by atoms with Gasteiger partial charge < -0.3 is 26.4 Å². The number of amides is 2. The van der Waals surface area contributed by atoms with E-state index in [9.17, 15) is 14.4 Å². The van der Waals surface area contributed by atoms with Crippen LogP contribution < -0.4 is 21.7 Å². The predicted octanol–water partition coefficient (Wildman–Crippen LogP) is 3.25. The van der Waals surface area contributed by atoms with Gasteiger partial charge in [-0.05, 0) is 26.2 Å². The fourth-order valence-corrected chi connectivity index (χ4v) is 4.85. The second-order valence-electron chi connectivity index (χ2n) is 9.73. The van der Waals surface area contributed by atoms with Gasteiger partial charge in [-0.1, -0.05) is 50.9 Å². The van der Waals surface area contributed by atoms with Crippen molar-refractivity contribution in [1.82, 2.24) is 20.9 Å². The van der Waals surface area contributed by atoms with E-state index in [-0.39, 0.29) is 42.4 Å². The lowest BCUT2D eigenvalue weighted by atomic mass is 10.0. The number of thiazole rings is 1. The first-order valence-corrected chi connectivity index (χ1v) is 14.1. The van der Waals surface area contributed by atoms with Crippen molar-refractivity contribution in [2.75, 3.05) is 12.3 Å². The molecule has 1 aliphatic heterocycles. The van der Waals surface area contributed by atoms with E-state index < -0.39 is 17.7 Å². The Morgan fingerprint density at radius 3 is 2.73 bits per heavy atom. The van der Waals surface area contributed by atoms with Crippen molar-refractivity contribution in [1.29, 1.82) is 0 Å². The van der Waals surface area contributed by atoms with Crippen molar-refractivity contribution in [2.45, 2.75) is 71.2 Å². The van der Waals surface area contributed by atoms with E-state index in [1.807, 2.05) is 39.8 Å². The first-order valence-electron chi connectivity index (χ1n) is 12.3. The SMILES string of the molecule is C=C1CNC(=C)C(C)(C)NC(=O)c2csc(n2)CNC(=O)CC(C/C=C/CCSC(=O)C(N)C(C)C)O1. The normalized spacial score (nSPS) is 20.2. The van der Waals surface area contributed by atoms with E-state index in [4.69, 9.17) is 10.5 Å². The lowest BCUT2D eigenvalue weighted by molar-refractivity contribution is -0.123. The Hall–Kier alpha value is -2.63. The summed E-state index contributed by atoms with van der Waals surface area (Å²) in [5, 5.41) is 11.2. The predicted molar refractivity (Wildman–Crippen MR) is 150 cm³/mol. The van der Waals surface area contributed by atoms with E-state index in [0.29, 0.717) is 40.8 Å². The Bertz CT molecular complexity index is 1020. The molecule has 1 aromatic rings. The van der Waals surface area contributed by atoms with Crippen molar-refractivity contribution in [2.24, 2.45) is 11.7 Å². The number of carbonyl (C=O) groups excluding carboxylic acids is 3. The molecule has 2 unspecified atom stereocenters. The quantitative estimate of drug-likeness (QED) is 0.301. The van der Waals surface area contributed by atoms with Gasteiger partial charge in [0.2, 0.25) is 11.0 Å². The highest BCUT2D eigenvalue weighted by atomic mass is 32.2. The minimum Gasteiger partial charge on any atom is -0.493 e. The fourth-order valence-electron chi connectivity index (χ4n) is 3.21. The monoisotopic (exact) mass is 549 g/mol. The van der Waals surface area contributed by atoms with Crippen LogP contribution in [0.25, 0.3) is 0 Å². The van der Waals surface area contributed by atoms with Crippen LogP contribution in [0.5, 0.6) is 0 Å². The Morgan fingerprint density at radius 2 is 2.03 bits per heavy atom. The summed E-state index contributed by atoms with van der Waals surface area (Å²) in [5.41, 5.74) is 6.03. The summed E-state index contributed by atoms with van der Waals surface area (Å²) >= 11 is 2.55. The molecule has 0 radical (unpaired) electrons. The smallest absolute Gasteiger partial charge is 0.271 e. The zero-order chi connectivity index (χ0) is 27.6. The maximum absolute atomic E-state index is 12.6. The van der Waals surface area contributed by atoms with E-state index >= 15 is 0 Å². The molecule has 5 N–H and O–H groups in total. The number of thioether (sulfide) groups is 1. The highest BCUT2D eigenvalue weighted by molar-refractivity contribution is 8.13. The Labute approximate surface area is 227 Å². The second kappa shape index (κ2) is 14.3. The molecule has 0 aromatic carbocycles. The first kappa shape index (κ1) is 30.6. The lowest BCUT2D eigenvalue weighted by Crippen LogP contribution is -2.48. The molecule has 0 spiro atoms. The number of fused-ring (bicyclic) bond motifs is 2. The Morgan fingerprint density at radius 1 is 1.30 bits per heavy atom. The minimum atomic E-state index is -0.743. The van der Waals surface area contributed by atoms with Crippen LogP contribution in [0.3, 0.4) is 0 Å². The van der Waals surface area contributed by atoms with E-state index in [2.05, 4.69) is 34.1 Å². The molecule has 204 valence electrons. The number of aromatic nitrogens is 1. The fraction of sp³-hybridized carbons (Fsp3) is 0.538. The largest absolute Gasteiger partial charge is 0.493 e. The van der Waals surface area contributed by atoms with Gasteiger partial charge >= 0.3 is 0 Å². The highest BCUT2D eigenvalue weighted by Crippen LogP contribution is 2.17. The summed E-state index contributed by atoms with van der Waals surface area (Å²) < 4.78 is 6.00. The van der Waals surface area contributed by atoms with Crippen LogP contribution in [-0.2, 0) is 20.9 Å². The first-order chi connectivity index (χ1) is 17.4. The molecule has 1 aliphatic rings. The third kappa shape index (κ3) is 10.3. The number of carbonyl (C=O) groups is 3. The third-order valence-corrected chi connectivity index (χ3v) is 7.58. The number of rotatable bonds is 7. The van der Waals surface area contributed by atoms with Crippen LogP contribution in [0.15, 0.2) is 42.1 Å². The van der Waals surface area contributed by atoms with Gasteiger partial charge in [-0.25, -0.2) is 4.98 Å². The van der Waals surface area contributed by atoms with Crippen molar-refractivity contribution >= 4 is 40.0 Å². The topological polar surface area (TPSA) is 135 Å². The molecule has 11 heteroatoms. The molecule has 9 nitrogen and oxygen atoms in total. The second-order valence-corrected chi connectivity index (χ2v) is 11.8. The number of nitrogens with one attached hydrogen (secondary N) is 3. The van der Waals surface area contributed by atoms with Gasteiger partial charge in [0, 0.05) is 23.3 Å². The molecule has 1 aromatic heterocycles. The number of hydrogen-bond donors (Lipinski definition) is 4. The molecule has 0 saturated heterocycles. The number of ether oxygens (including phenoxy) is 1. The van der Waals surface area contributed by atoms with Crippen LogP contribution >= 0.6 is 23.1 Å². The van der Waals surface area contributed by atoms with Crippen molar-refractivity contribution < 1.29 is 19.1 Å². The van der Waals surface area contributed by atoms with E-state index in [1.165, 1.54) is 23.1 Å². The van der Waals surface area contributed by atoms with Gasteiger partial charge in [-0.2, -0.15) is 0 Å². The average molecular weight is 550 g/mol. The zero-order valence-electron chi connectivity index (χ0n) is 22.1. The van der Waals surface area contributed by atoms with Crippen LogP contribution in [-0.4, -0.2) is 51.9 Å². The average Bonchev–Trinajstić information content (AvgIpc) is 3.31. The van der Waals surface area contributed by atoms with Gasteiger partial charge in [-0.3, -0.25) is 14.4 Å². The van der Waals surface area contributed by atoms with Gasteiger partial charge in [0.25, 0.3) is 5.91 Å². The van der Waals surface area contributed by atoms with Crippen LogP contribution in [0.1, 0.15) is 62.5 Å². The molecule has 2 atom stereocenters. The van der Waals surface area contributed by atoms with Gasteiger partial charge in [0.15, 0.2) is 0 Å². The number of allylic oxidation sites excluding steroid dienone is 1. The molecule has 2 amide bonds. The lowest BCUT2D eigenvalue weighted by Gasteiger charge is -2.30. The maximum Gasteiger partial charge on any atom is 0.271 e. The number of hydrogen-bond acceptors (Lipinski definition) is 9. The van der Waals surface area contributed by atoms with Gasteiger partial charge in [-0.15, -0.1) is 11.3 Å². The Balaban J connectivity index is 2.01. The molecular formula is C26H39N5O4S2. The Kier molecular flexibility index (Phi) is 11.9. The van der Waals surface area contributed by atoms with E-state index in [0.717, 1.165) is 0 Å². The van der Waals surface area contributed by atoms with Gasteiger partial charge in [0.05, 0.1) is 31.1 Å². The summed E-state index contributed by atoms with van der Waals surface area (Å²) in [6, 6.07) is -0.451. The molecule has 2 heterocycles. The third-order valence-electron chi connectivity index (χ3n) is 5.73. The van der Waals surface area contributed by atoms with E-state index in [1.54, 1.807) is 5.38 Å². The summed E-state index contributed by atoms with van der Waals surface area (Å²) in [6.45, 7) is 16.1. The summed E-state index contributed by atoms with van der Waals surface area (Å²) in [7, 11) is 0. The molecule has 0 saturated carbocycles.